The number of benzene rings is 1. The van der Waals surface area contributed by atoms with Gasteiger partial charge in [0, 0.05) is 30.3 Å². The second kappa shape index (κ2) is 10.7. The molecule has 0 radical (unpaired) electrons. The zero-order chi connectivity index (χ0) is 30.6. The van der Waals surface area contributed by atoms with Gasteiger partial charge in [-0.1, -0.05) is 11.6 Å². The van der Waals surface area contributed by atoms with E-state index < -0.39 is 62.4 Å². The summed E-state index contributed by atoms with van der Waals surface area (Å²) < 4.78 is 47.7. The number of sulfone groups is 1. The molecule has 1 aliphatic carbocycles. The Balaban J connectivity index is 1.55. The summed E-state index contributed by atoms with van der Waals surface area (Å²) in [7, 11) is -3.11. The minimum absolute atomic E-state index is 0.243. The number of hydrogen-bond donors (Lipinski definition) is 2. The number of likely N-dealkylation sites (tertiary alicyclic amines) is 2. The van der Waals surface area contributed by atoms with Gasteiger partial charge in [0.05, 0.1) is 34.0 Å². The molecule has 1 saturated carbocycles. The lowest BCUT2D eigenvalue weighted by atomic mass is 9.74. The van der Waals surface area contributed by atoms with Crippen molar-refractivity contribution in [2.24, 2.45) is 0 Å². The first-order valence-corrected chi connectivity index (χ1v) is 15.4. The fraction of sp³-hybridized carbons (Fsp3) is 0.423. The third kappa shape index (κ3) is 5.05. The van der Waals surface area contributed by atoms with Gasteiger partial charge in [-0.2, -0.15) is 5.26 Å². The van der Waals surface area contributed by atoms with Crippen LogP contribution in [-0.2, 0) is 29.6 Å². The van der Waals surface area contributed by atoms with E-state index in [4.69, 9.17) is 16.3 Å². The van der Waals surface area contributed by atoms with Crippen LogP contribution in [0.4, 0.5) is 9.18 Å². The Bertz CT molecular complexity index is 1640. The number of rotatable bonds is 6. The fourth-order valence-corrected chi connectivity index (χ4v) is 7.94. The molecule has 12 nitrogen and oxygen atoms in total. The lowest BCUT2D eigenvalue weighted by Gasteiger charge is -2.49. The van der Waals surface area contributed by atoms with Crippen LogP contribution >= 0.6 is 27.5 Å². The van der Waals surface area contributed by atoms with E-state index >= 15 is 4.39 Å². The summed E-state index contributed by atoms with van der Waals surface area (Å²) in [5, 5.41) is 20.3. The average molecular weight is 685 g/mol. The maximum absolute atomic E-state index is 15.3. The number of nitriles is 1. The van der Waals surface area contributed by atoms with Gasteiger partial charge < -0.3 is 25.0 Å². The lowest BCUT2D eigenvalue weighted by molar-refractivity contribution is -0.148. The Labute approximate surface area is 253 Å². The molecule has 1 unspecified atom stereocenters. The van der Waals surface area contributed by atoms with Gasteiger partial charge in [0.25, 0.3) is 0 Å². The first-order valence-electron chi connectivity index (χ1n) is 12.7. The highest BCUT2D eigenvalue weighted by Crippen LogP contribution is 2.42. The first-order chi connectivity index (χ1) is 19.8. The monoisotopic (exact) mass is 683 g/mol. The van der Waals surface area contributed by atoms with Crippen LogP contribution in [0.15, 0.2) is 39.8 Å². The van der Waals surface area contributed by atoms with Crippen molar-refractivity contribution >= 4 is 55.3 Å². The molecule has 2 aliphatic heterocycles. The predicted molar refractivity (Wildman–Crippen MR) is 147 cm³/mol. The number of amides is 3. The van der Waals surface area contributed by atoms with Crippen LogP contribution in [-0.4, -0.2) is 89.8 Å². The second-order valence-corrected chi connectivity index (χ2v) is 14.1. The standard InChI is InChI=1S/C26H24BrClFN5O7S/c1-41-24(38)33-12-26(13-33,21-18(29)6-14(27)9-31-21)23(37)34-10-16(8-19(34)22(36)32-25(11-30)4-5-25)42(39,40)20-3-2-15(35)7-17(20)28/h2-3,6-7,9,16,19,35H,4-5,8,10,12-13H2,1H3,(H,32,36)/t16?,19-/m0/s1. The Morgan fingerprint density at radius 3 is 2.55 bits per heavy atom. The number of nitrogens with one attached hydrogen (secondary N) is 1. The van der Waals surface area contributed by atoms with Crippen LogP contribution in [0.5, 0.6) is 5.75 Å². The van der Waals surface area contributed by atoms with E-state index in [1.165, 1.54) is 6.20 Å². The first kappa shape index (κ1) is 30.0. The number of halogens is 3. The molecular weight excluding hydrogens is 661 g/mol. The maximum Gasteiger partial charge on any atom is 0.409 e. The topological polar surface area (TPSA) is 170 Å². The molecule has 3 fully saturated rings. The highest BCUT2D eigenvalue weighted by atomic mass is 79.9. The minimum Gasteiger partial charge on any atom is -0.508 e. The van der Waals surface area contributed by atoms with Crippen LogP contribution < -0.4 is 5.32 Å². The predicted octanol–water partition coefficient (Wildman–Crippen LogP) is 2.28. The van der Waals surface area contributed by atoms with Gasteiger partial charge in [-0.05, 0) is 59.5 Å². The van der Waals surface area contributed by atoms with Crippen molar-refractivity contribution in [1.82, 2.24) is 20.1 Å². The minimum atomic E-state index is -4.26. The van der Waals surface area contributed by atoms with Crippen molar-refractivity contribution in [2.45, 2.75) is 46.4 Å². The molecule has 222 valence electrons. The van der Waals surface area contributed by atoms with Gasteiger partial charge in [0.1, 0.15) is 28.6 Å². The molecule has 0 bridgehead atoms. The van der Waals surface area contributed by atoms with Crippen molar-refractivity contribution < 1.29 is 37.0 Å². The fourth-order valence-electron chi connectivity index (χ4n) is 5.40. The Morgan fingerprint density at radius 1 is 1.29 bits per heavy atom. The normalized spacial score (nSPS) is 22.1. The zero-order valence-electron chi connectivity index (χ0n) is 22.0. The van der Waals surface area contributed by atoms with E-state index in [1.807, 2.05) is 6.07 Å². The van der Waals surface area contributed by atoms with Gasteiger partial charge in [-0.25, -0.2) is 17.6 Å². The third-order valence-corrected chi connectivity index (χ3v) is 10.9. The maximum atomic E-state index is 15.3. The number of methoxy groups -OCH3 is 1. The quantitative estimate of drug-likeness (QED) is 0.464. The van der Waals surface area contributed by atoms with Crippen LogP contribution in [0.2, 0.25) is 5.02 Å². The summed E-state index contributed by atoms with van der Waals surface area (Å²) in [4.78, 5) is 46.1. The van der Waals surface area contributed by atoms with Crippen molar-refractivity contribution in [1.29, 1.82) is 5.26 Å². The molecule has 16 heteroatoms. The highest BCUT2D eigenvalue weighted by molar-refractivity contribution is 9.10. The van der Waals surface area contributed by atoms with Crippen LogP contribution in [0.1, 0.15) is 25.0 Å². The SMILES string of the molecule is COC(=O)N1CC(C(=O)N2CC(S(=O)(=O)c3ccc(O)cc3Cl)C[C@H]2C(=O)NC2(C#N)CC2)(c2ncc(Br)cc2F)C1. The summed E-state index contributed by atoms with van der Waals surface area (Å²) in [6.07, 6.45) is 0.969. The van der Waals surface area contributed by atoms with Crippen molar-refractivity contribution in [2.75, 3.05) is 26.7 Å². The number of carbonyl (C=O) groups is 3. The van der Waals surface area contributed by atoms with Gasteiger partial charge in [0.2, 0.25) is 11.8 Å². The molecule has 3 heterocycles. The Morgan fingerprint density at radius 2 is 1.98 bits per heavy atom. The molecule has 1 aromatic carbocycles. The number of pyridine rings is 1. The van der Waals surface area contributed by atoms with Crippen molar-refractivity contribution in [3.8, 4) is 11.8 Å². The summed E-state index contributed by atoms with van der Waals surface area (Å²) in [6, 6.07) is 5.13. The average Bonchev–Trinajstić information content (AvgIpc) is 3.53. The number of ether oxygens (including phenoxy) is 1. The number of aromatic nitrogens is 1. The van der Waals surface area contributed by atoms with Crippen molar-refractivity contribution in [3.05, 3.63) is 51.5 Å². The number of aromatic hydroxyl groups is 1. The Kier molecular flexibility index (Phi) is 7.61. The lowest BCUT2D eigenvalue weighted by Crippen LogP contribution is -2.69. The van der Waals surface area contributed by atoms with Crippen molar-refractivity contribution in [3.63, 3.8) is 0 Å². The van der Waals surface area contributed by atoms with Gasteiger partial charge in [-0.15, -0.1) is 0 Å². The van der Waals surface area contributed by atoms with E-state index in [0.717, 1.165) is 41.2 Å². The summed E-state index contributed by atoms with van der Waals surface area (Å²) in [6.45, 7) is -1.13. The molecule has 5 rings (SSSR count). The summed E-state index contributed by atoms with van der Waals surface area (Å²) in [5.41, 5.74) is -3.14. The molecule has 3 amide bonds. The third-order valence-electron chi connectivity index (χ3n) is 7.84. The molecule has 42 heavy (non-hydrogen) atoms. The summed E-state index contributed by atoms with van der Waals surface area (Å²) >= 11 is 9.27. The van der Waals surface area contributed by atoms with Gasteiger partial charge in [-0.3, -0.25) is 14.6 Å². The number of phenolic OH excluding ortho intramolecular Hbond substituents is 1. The molecule has 2 saturated heterocycles. The second-order valence-electron chi connectivity index (χ2n) is 10.6. The van der Waals surface area contributed by atoms with Gasteiger partial charge >= 0.3 is 6.09 Å². The van der Waals surface area contributed by atoms with Gasteiger partial charge in [0.15, 0.2) is 9.84 Å². The molecule has 2 aromatic rings. The van der Waals surface area contributed by atoms with Crippen LogP contribution in [0.3, 0.4) is 0 Å². The molecule has 3 aliphatic rings. The van der Waals surface area contributed by atoms with E-state index in [-0.39, 0.29) is 40.9 Å². The van der Waals surface area contributed by atoms with Crippen LogP contribution in [0.25, 0.3) is 0 Å². The number of hydrogen-bond acceptors (Lipinski definition) is 9. The number of nitrogens with zero attached hydrogens (tertiary/aromatic N) is 4. The summed E-state index contributed by atoms with van der Waals surface area (Å²) in [5.74, 6) is -2.64. The molecule has 0 spiro atoms. The molecule has 2 N–H and O–H groups in total. The number of phenols is 1. The van der Waals surface area contributed by atoms with Crippen LogP contribution in [0, 0.1) is 17.1 Å². The smallest absolute Gasteiger partial charge is 0.409 e. The Hall–Kier alpha value is -3.48. The largest absolute Gasteiger partial charge is 0.508 e. The van der Waals surface area contributed by atoms with E-state index in [0.29, 0.717) is 17.3 Å². The molecule has 2 atom stereocenters. The zero-order valence-corrected chi connectivity index (χ0v) is 25.2. The van der Waals surface area contributed by atoms with E-state index in [9.17, 15) is 33.2 Å². The highest BCUT2D eigenvalue weighted by Gasteiger charge is 2.60. The van der Waals surface area contributed by atoms with E-state index in [2.05, 4.69) is 26.2 Å². The van der Waals surface area contributed by atoms with E-state index in [1.54, 1.807) is 0 Å². The number of carbonyl (C=O) groups excluding carboxylic acids is 3. The molecule has 1 aromatic heterocycles. The molecular formula is C26H24BrClFN5O7S.